The Morgan fingerprint density at radius 1 is 0.687 bits per heavy atom. The van der Waals surface area contributed by atoms with Gasteiger partial charge in [-0.2, -0.15) is 8.75 Å². The molecule has 1 aliphatic rings. The lowest BCUT2D eigenvalue weighted by atomic mass is 10.1. The number of rotatable bonds is 19. The van der Waals surface area contributed by atoms with Gasteiger partial charge in [0.1, 0.15) is 50.6 Å². The van der Waals surface area contributed by atoms with E-state index in [0.717, 1.165) is 105 Å². The first-order valence-corrected chi connectivity index (χ1v) is 33.2. The van der Waals surface area contributed by atoms with Crippen LogP contribution in [0, 0.1) is 13.8 Å². The number of hydrogen-bond acceptors (Lipinski definition) is 18. The van der Waals surface area contributed by atoms with Crippen LogP contribution in [0.1, 0.15) is 46.8 Å². The zero-order chi connectivity index (χ0) is 47.1. The molecule has 8 aromatic rings. The van der Waals surface area contributed by atoms with Gasteiger partial charge in [-0.05, 0) is 81.0 Å². The van der Waals surface area contributed by atoms with Crippen LogP contribution in [-0.4, -0.2) is 115 Å². The van der Waals surface area contributed by atoms with Gasteiger partial charge in [0.2, 0.25) is 0 Å². The predicted molar refractivity (Wildman–Crippen MR) is 279 cm³/mol. The first-order valence-electron chi connectivity index (χ1n) is 22.5. The van der Waals surface area contributed by atoms with E-state index in [1.54, 1.807) is 34.9 Å². The molecule has 354 valence electrons. The summed E-state index contributed by atoms with van der Waals surface area (Å²) in [4.78, 5) is 45.9. The number of carbonyl (C=O) groups is 1. The van der Waals surface area contributed by atoms with Crippen LogP contribution in [0.5, 0.6) is 0 Å². The van der Waals surface area contributed by atoms with Gasteiger partial charge in [-0.25, -0.2) is 29.9 Å². The molecule has 0 amide bonds. The van der Waals surface area contributed by atoms with Crippen LogP contribution < -0.4 is 9.80 Å². The third kappa shape index (κ3) is 12.5. The number of aldehydes is 1. The maximum absolute atomic E-state index is 11.2. The van der Waals surface area contributed by atoms with Crippen LogP contribution >= 0.6 is 45.7 Å². The number of carbonyl (C=O) groups excluding carboxylic acids is 1. The largest absolute Gasteiger partial charge is 0.361 e. The van der Waals surface area contributed by atoms with Crippen molar-refractivity contribution >= 4 is 101 Å². The van der Waals surface area contributed by atoms with Crippen molar-refractivity contribution in [2.75, 3.05) is 49.6 Å². The van der Waals surface area contributed by atoms with Crippen LogP contribution in [0.2, 0.25) is 51.4 Å². The van der Waals surface area contributed by atoms with Crippen LogP contribution in [0.3, 0.4) is 0 Å². The summed E-state index contributed by atoms with van der Waals surface area (Å²) in [6.07, 6.45) is 15.9. The Morgan fingerprint density at radius 3 is 1.66 bits per heavy atom. The Labute approximate surface area is 410 Å². The van der Waals surface area contributed by atoms with Crippen molar-refractivity contribution in [3.05, 3.63) is 82.8 Å². The fourth-order valence-corrected chi connectivity index (χ4v) is 11.7. The molecule has 0 spiro atoms. The number of thiazole rings is 2. The van der Waals surface area contributed by atoms with Crippen molar-refractivity contribution in [3.8, 4) is 21.4 Å². The third-order valence-electron chi connectivity index (χ3n) is 11.0. The van der Waals surface area contributed by atoms with E-state index in [-0.39, 0.29) is 0 Å². The average molecular weight is 1010 g/mol. The Kier molecular flexibility index (Phi) is 15.8. The predicted octanol–water partition coefficient (Wildman–Crippen LogP) is 10.9. The topological polar surface area (TPSA) is 157 Å². The van der Waals surface area contributed by atoms with E-state index in [1.807, 2.05) is 64.9 Å². The number of fused-ring (bicyclic) bond motifs is 2. The molecule has 0 unspecified atom stereocenters. The first kappa shape index (κ1) is 48.8. The monoisotopic (exact) mass is 1010 g/mol. The molecular formula is C45H59N13O3S4Si2. The fraction of sp³-hybridized carbons (Fsp3) is 0.444. The molecule has 0 atom stereocenters. The quantitative estimate of drug-likeness (QED) is 0.0326. The molecule has 16 nitrogen and oxygen atoms in total. The van der Waals surface area contributed by atoms with Gasteiger partial charge in [-0.3, -0.25) is 28.3 Å². The number of piperidine rings is 1. The van der Waals surface area contributed by atoms with Crippen molar-refractivity contribution < 1.29 is 14.3 Å². The second-order valence-corrected chi connectivity index (χ2v) is 33.6. The number of likely N-dealkylation sites (tertiary alicyclic amines) is 1. The van der Waals surface area contributed by atoms with Crippen molar-refractivity contribution in [2.24, 2.45) is 0 Å². The summed E-state index contributed by atoms with van der Waals surface area (Å²) in [7, 11) is -2.39. The van der Waals surface area contributed by atoms with Crippen molar-refractivity contribution in [1.82, 2.24) is 52.4 Å². The highest BCUT2D eigenvalue weighted by molar-refractivity contribution is 7.13. The molecule has 67 heavy (non-hydrogen) atoms. The lowest BCUT2D eigenvalue weighted by Crippen LogP contribution is -2.29. The summed E-state index contributed by atoms with van der Waals surface area (Å²) in [6, 6.07) is 6.15. The lowest BCUT2D eigenvalue weighted by molar-refractivity contribution is 0.112. The van der Waals surface area contributed by atoms with Gasteiger partial charge in [-0.15, -0.1) is 22.7 Å². The van der Waals surface area contributed by atoms with Gasteiger partial charge in [0, 0.05) is 77.5 Å². The lowest BCUT2D eigenvalue weighted by Gasteiger charge is -2.25. The Hall–Kier alpha value is -4.66. The summed E-state index contributed by atoms with van der Waals surface area (Å²) >= 11 is 5.94. The minimum atomic E-state index is -1.21. The number of anilines is 4. The van der Waals surface area contributed by atoms with E-state index >= 15 is 0 Å². The second-order valence-electron chi connectivity index (χ2n) is 19.0. The molecule has 0 N–H and O–H groups in total. The highest BCUT2D eigenvalue weighted by Crippen LogP contribution is 2.36. The number of ether oxygens (including phenoxy) is 2. The average Bonchev–Trinajstić information content (AvgIpc) is 4.15. The van der Waals surface area contributed by atoms with Gasteiger partial charge < -0.3 is 9.47 Å². The van der Waals surface area contributed by atoms with Crippen molar-refractivity contribution in [2.45, 2.75) is 91.0 Å². The van der Waals surface area contributed by atoms with Gasteiger partial charge in [0.25, 0.3) is 0 Å². The minimum Gasteiger partial charge on any atom is -0.361 e. The summed E-state index contributed by atoms with van der Waals surface area (Å²) in [5.41, 5.74) is 6.64. The number of aryl methyl sites for hydroxylation is 2. The molecule has 22 heteroatoms. The molecule has 1 fully saturated rings. The van der Waals surface area contributed by atoms with Gasteiger partial charge in [-0.1, -0.05) is 45.7 Å². The Bertz CT molecular complexity index is 2840. The summed E-state index contributed by atoms with van der Waals surface area (Å²) in [5, 5.41) is 7.59. The van der Waals surface area contributed by atoms with Crippen LogP contribution in [-0.2, 0) is 16.0 Å². The van der Waals surface area contributed by atoms with E-state index in [0.29, 0.717) is 37.2 Å². The molecule has 1 saturated heterocycles. The molecule has 9 heterocycles. The normalized spacial score (nSPS) is 13.6. The van der Waals surface area contributed by atoms with Gasteiger partial charge in [0.15, 0.2) is 29.2 Å². The summed E-state index contributed by atoms with van der Waals surface area (Å²) in [6.45, 7) is 23.4. The molecule has 1 aliphatic heterocycles. The number of hydrogen-bond donors (Lipinski definition) is 0. The molecule has 8 aromatic heterocycles. The number of aromatic nitrogens is 10. The highest BCUT2D eigenvalue weighted by atomic mass is 32.1. The standard InChI is InChI=1S/C25H35N7OS2Si.C20H24N6O2S2Si/c1-19-16-31-21(25-26-8-12-34-25)15-27-23(31)24(28-19)32(18-33-11-13-36(2,3)4)22-14-20(29-35-22)17-30-9-6-5-7-10-30;1-14-11-25-16(20-21-5-7-29-20)10-22-18(25)19(23-14)26(13-28-6-8-31(2,3)4)17-9-15(12-27)24-30-17/h8,12,14-16H,5-7,9-11,13,17-18H2,1-4H3;5,7,9-12H,6,8,13H2,1-4H3. The van der Waals surface area contributed by atoms with Crippen LogP contribution in [0.15, 0.2) is 60.1 Å². The zero-order valence-electron chi connectivity index (χ0n) is 39.5. The van der Waals surface area contributed by atoms with E-state index in [2.05, 4.69) is 78.9 Å². The highest BCUT2D eigenvalue weighted by Gasteiger charge is 2.25. The number of nitrogens with zero attached hydrogens (tertiary/aromatic N) is 13. The molecule has 0 radical (unpaired) electrons. The SMILES string of the molecule is Cc1cn2c(-c3nccs3)cnc2c(N(COCC[Si](C)(C)C)c2cc(C=O)ns2)n1.Cc1cn2c(-c3nccs3)cnc2c(N(COCC[Si](C)(C)C)c2cc(CN3CCCCC3)ns2)n1. The summed E-state index contributed by atoms with van der Waals surface area (Å²) < 4.78 is 25.4. The van der Waals surface area contributed by atoms with Gasteiger partial charge >= 0.3 is 0 Å². The zero-order valence-corrected chi connectivity index (χ0v) is 44.8. The molecule has 0 aromatic carbocycles. The van der Waals surface area contributed by atoms with Crippen LogP contribution in [0.25, 0.3) is 32.7 Å². The van der Waals surface area contributed by atoms with E-state index < -0.39 is 16.1 Å². The molecule has 9 rings (SSSR count). The van der Waals surface area contributed by atoms with Crippen molar-refractivity contribution in [1.29, 1.82) is 0 Å². The van der Waals surface area contributed by atoms with Gasteiger partial charge in [0.05, 0.1) is 29.5 Å². The number of imidazole rings is 2. The molecule has 0 aliphatic carbocycles. The second kappa shape index (κ2) is 21.7. The van der Waals surface area contributed by atoms with E-state index in [9.17, 15) is 4.79 Å². The maximum Gasteiger partial charge on any atom is 0.181 e. The maximum atomic E-state index is 11.2. The first-order chi connectivity index (χ1) is 32.2. The molecular weight excluding hydrogens is 955 g/mol. The Balaban J connectivity index is 0.000000184. The Morgan fingerprint density at radius 2 is 1.19 bits per heavy atom. The van der Waals surface area contributed by atoms with E-state index in [4.69, 9.17) is 28.8 Å². The molecule has 0 bridgehead atoms. The summed E-state index contributed by atoms with van der Waals surface area (Å²) in [5.74, 6) is 1.45. The van der Waals surface area contributed by atoms with Crippen molar-refractivity contribution in [3.63, 3.8) is 0 Å². The fourth-order valence-electron chi connectivity index (χ4n) is 7.39. The van der Waals surface area contributed by atoms with Crippen LogP contribution in [0.4, 0.5) is 21.6 Å². The third-order valence-corrected chi connectivity index (χ3v) is 17.7. The molecule has 0 saturated carbocycles. The minimum absolute atomic E-state index is 0.302. The smallest absolute Gasteiger partial charge is 0.181 e. The van der Waals surface area contributed by atoms with E-state index in [1.165, 1.54) is 42.3 Å².